The van der Waals surface area contributed by atoms with Crippen LogP contribution in [-0.4, -0.2) is 50.7 Å². The number of rotatable bonds is 6. The van der Waals surface area contributed by atoms with Crippen LogP contribution < -0.4 is 15.0 Å². The average molecular weight is 361 g/mol. The minimum atomic E-state index is -0.243. The summed E-state index contributed by atoms with van der Waals surface area (Å²) in [5.74, 6) is 0.108. The summed E-state index contributed by atoms with van der Waals surface area (Å²) in [6.45, 7) is 0.520. The quantitative estimate of drug-likeness (QED) is 0.843. The highest BCUT2D eigenvalue weighted by atomic mass is 32.1. The van der Waals surface area contributed by atoms with Crippen LogP contribution in [0.3, 0.4) is 0 Å². The molecule has 0 saturated heterocycles. The molecule has 2 amide bonds. The van der Waals surface area contributed by atoms with E-state index in [9.17, 15) is 9.59 Å². The molecule has 7 nitrogen and oxygen atoms in total. The second kappa shape index (κ2) is 7.62. The number of likely N-dealkylation sites (N-methyl/N-ethyl adjacent to an activating group) is 1. The van der Waals surface area contributed by atoms with Crippen LogP contribution in [0.1, 0.15) is 5.01 Å². The predicted octanol–water partition coefficient (Wildman–Crippen LogP) is 1.47. The minimum Gasteiger partial charge on any atom is -0.482 e. The highest BCUT2D eigenvalue weighted by Gasteiger charge is 2.27. The van der Waals surface area contributed by atoms with Gasteiger partial charge in [0.1, 0.15) is 12.3 Å². The van der Waals surface area contributed by atoms with Gasteiger partial charge in [0.25, 0.3) is 5.91 Å². The Balaban J connectivity index is 1.90. The molecule has 1 aromatic carbocycles. The van der Waals surface area contributed by atoms with Gasteiger partial charge in [-0.05, 0) is 18.2 Å². The molecule has 1 aliphatic heterocycles. The third-order valence-corrected chi connectivity index (χ3v) is 4.76. The number of methoxy groups -OCH3 is 1. The van der Waals surface area contributed by atoms with Gasteiger partial charge in [-0.25, -0.2) is 4.98 Å². The highest BCUT2D eigenvalue weighted by Crippen LogP contribution is 2.36. The zero-order valence-electron chi connectivity index (χ0n) is 14.1. The maximum absolute atomic E-state index is 12.2. The van der Waals surface area contributed by atoms with E-state index in [-0.39, 0.29) is 25.0 Å². The Bertz CT molecular complexity index is 790. The van der Waals surface area contributed by atoms with Crippen LogP contribution in [0.5, 0.6) is 5.75 Å². The first-order chi connectivity index (χ1) is 12.1. The van der Waals surface area contributed by atoms with Crippen LogP contribution in [0.15, 0.2) is 23.6 Å². The first kappa shape index (κ1) is 17.4. The second-order valence-corrected chi connectivity index (χ2v) is 6.44. The summed E-state index contributed by atoms with van der Waals surface area (Å²) in [7, 11) is 3.21. The fraction of sp³-hybridized carbons (Fsp3) is 0.353. The Hall–Kier alpha value is -2.45. The molecule has 2 aromatic rings. The van der Waals surface area contributed by atoms with Crippen LogP contribution in [0, 0.1) is 0 Å². The molecule has 3 rings (SSSR count). The van der Waals surface area contributed by atoms with Gasteiger partial charge in [-0.2, -0.15) is 0 Å². The molecule has 0 radical (unpaired) electrons. The molecule has 132 valence electrons. The molecule has 0 saturated carbocycles. The summed E-state index contributed by atoms with van der Waals surface area (Å²) in [6, 6.07) is 5.55. The van der Waals surface area contributed by atoms with E-state index in [0.717, 1.165) is 22.7 Å². The summed E-state index contributed by atoms with van der Waals surface area (Å²) in [5.41, 5.74) is 2.29. The molecular weight excluding hydrogens is 342 g/mol. The van der Waals surface area contributed by atoms with Gasteiger partial charge in [-0.1, -0.05) is 0 Å². The van der Waals surface area contributed by atoms with Crippen molar-refractivity contribution in [3.63, 3.8) is 0 Å². The van der Waals surface area contributed by atoms with Crippen molar-refractivity contribution in [1.82, 2.24) is 10.3 Å². The highest BCUT2D eigenvalue weighted by molar-refractivity contribution is 7.09. The fourth-order valence-corrected chi connectivity index (χ4v) is 3.29. The third kappa shape index (κ3) is 3.80. The van der Waals surface area contributed by atoms with E-state index < -0.39 is 0 Å². The van der Waals surface area contributed by atoms with Crippen molar-refractivity contribution in [2.75, 3.05) is 38.8 Å². The molecule has 8 heteroatoms. The molecule has 1 N–H and O–H groups in total. The monoisotopic (exact) mass is 361 g/mol. The first-order valence-electron chi connectivity index (χ1n) is 7.84. The number of fused-ring (bicyclic) bond motifs is 1. The lowest BCUT2D eigenvalue weighted by molar-refractivity contribution is -0.125. The maximum Gasteiger partial charge on any atom is 0.265 e. The van der Waals surface area contributed by atoms with Crippen molar-refractivity contribution >= 4 is 28.8 Å². The molecule has 0 unspecified atom stereocenters. The summed E-state index contributed by atoms with van der Waals surface area (Å²) >= 11 is 1.57. The van der Waals surface area contributed by atoms with E-state index in [0.29, 0.717) is 18.0 Å². The molecule has 2 heterocycles. The van der Waals surface area contributed by atoms with E-state index in [2.05, 4.69) is 10.3 Å². The van der Waals surface area contributed by atoms with E-state index in [4.69, 9.17) is 9.47 Å². The van der Waals surface area contributed by atoms with Gasteiger partial charge >= 0.3 is 0 Å². The van der Waals surface area contributed by atoms with Crippen LogP contribution in [-0.2, 0) is 20.7 Å². The lowest BCUT2D eigenvalue weighted by Gasteiger charge is -2.29. The van der Waals surface area contributed by atoms with Crippen molar-refractivity contribution in [2.24, 2.45) is 0 Å². The maximum atomic E-state index is 12.2. The number of hydrogen-bond donors (Lipinski definition) is 1. The van der Waals surface area contributed by atoms with Crippen LogP contribution in [0.4, 0.5) is 5.69 Å². The van der Waals surface area contributed by atoms with Gasteiger partial charge in [-0.3, -0.25) is 14.5 Å². The summed E-state index contributed by atoms with van der Waals surface area (Å²) in [4.78, 5) is 29.9. The second-order valence-electron chi connectivity index (χ2n) is 5.49. The van der Waals surface area contributed by atoms with E-state index in [1.165, 1.54) is 4.90 Å². The summed E-state index contributed by atoms with van der Waals surface area (Å²) < 4.78 is 10.5. The number of nitrogens with one attached hydrogen (secondary N) is 1. The Morgan fingerprint density at radius 2 is 2.32 bits per heavy atom. The number of nitrogens with zero attached hydrogens (tertiary/aromatic N) is 2. The number of hydrogen-bond acceptors (Lipinski definition) is 6. The number of anilines is 1. The van der Waals surface area contributed by atoms with E-state index in [1.54, 1.807) is 25.5 Å². The molecule has 0 aliphatic carbocycles. The van der Waals surface area contributed by atoms with Crippen molar-refractivity contribution in [2.45, 2.75) is 6.42 Å². The lowest BCUT2D eigenvalue weighted by atomic mass is 10.1. The third-order valence-electron chi connectivity index (χ3n) is 3.85. The zero-order valence-corrected chi connectivity index (χ0v) is 14.9. The lowest BCUT2D eigenvalue weighted by Crippen LogP contribution is -2.44. The number of ether oxygens (including phenoxy) is 2. The number of carbonyl (C=O) groups is 2. The Labute approximate surface area is 149 Å². The summed E-state index contributed by atoms with van der Waals surface area (Å²) in [5, 5.41) is 5.50. The van der Waals surface area contributed by atoms with Gasteiger partial charge < -0.3 is 14.8 Å². The van der Waals surface area contributed by atoms with Crippen molar-refractivity contribution in [3.8, 4) is 17.0 Å². The molecule has 0 spiro atoms. The SMILES string of the molecule is CNC(=O)CN1C(=O)COc2ccc(-c3csc(CCOC)n3)cc21. The van der Waals surface area contributed by atoms with Crippen LogP contribution >= 0.6 is 11.3 Å². The first-order valence-corrected chi connectivity index (χ1v) is 8.72. The fourth-order valence-electron chi connectivity index (χ4n) is 2.51. The number of aromatic nitrogens is 1. The van der Waals surface area contributed by atoms with Gasteiger partial charge in [0.15, 0.2) is 6.61 Å². The van der Waals surface area contributed by atoms with Crippen molar-refractivity contribution in [1.29, 1.82) is 0 Å². The zero-order chi connectivity index (χ0) is 17.8. The number of thiazole rings is 1. The molecule has 1 aromatic heterocycles. The van der Waals surface area contributed by atoms with E-state index >= 15 is 0 Å². The standard InChI is InChI=1S/C17H19N3O4S/c1-18-15(21)8-20-13-7-11(3-4-14(13)24-9-17(20)22)12-10-25-16(19-12)5-6-23-2/h3-4,7,10H,5-6,8-9H2,1-2H3,(H,18,21). The van der Waals surface area contributed by atoms with Crippen LogP contribution in [0.25, 0.3) is 11.3 Å². The number of benzene rings is 1. The normalized spacial score (nSPS) is 13.4. The Kier molecular flexibility index (Phi) is 5.30. The van der Waals surface area contributed by atoms with Crippen molar-refractivity contribution in [3.05, 3.63) is 28.6 Å². The Morgan fingerprint density at radius 3 is 3.08 bits per heavy atom. The molecule has 0 bridgehead atoms. The van der Waals surface area contributed by atoms with Crippen LogP contribution in [0.2, 0.25) is 0 Å². The summed E-state index contributed by atoms with van der Waals surface area (Å²) in [6.07, 6.45) is 0.760. The number of carbonyl (C=O) groups excluding carboxylic acids is 2. The minimum absolute atomic E-state index is 0.0364. The average Bonchev–Trinajstić information content (AvgIpc) is 3.10. The van der Waals surface area contributed by atoms with E-state index in [1.807, 2.05) is 23.6 Å². The van der Waals surface area contributed by atoms with Gasteiger partial charge in [0.2, 0.25) is 5.91 Å². The largest absolute Gasteiger partial charge is 0.482 e. The molecule has 25 heavy (non-hydrogen) atoms. The van der Waals surface area contributed by atoms with Gasteiger partial charge in [0, 0.05) is 31.5 Å². The number of amides is 2. The molecular formula is C17H19N3O4S. The molecule has 0 fully saturated rings. The smallest absolute Gasteiger partial charge is 0.265 e. The topological polar surface area (TPSA) is 80.8 Å². The molecule has 0 atom stereocenters. The predicted molar refractivity (Wildman–Crippen MR) is 95.0 cm³/mol. The van der Waals surface area contributed by atoms with Gasteiger partial charge in [-0.15, -0.1) is 11.3 Å². The molecule has 1 aliphatic rings. The van der Waals surface area contributed by atoms with Gasteiger partial charge in [0.05, 0.1) is 23.0 Å². The Morgan fingerprint density at radius 1 is 1.48 bits per heavy atom. The van der Waals surface area contributed by atoms with Crippen molar-refractivity contribution < 1.29 is 19.1 Å².